The molecule has 2 aromatic rings. The Morgan fingerprint density at radius 2 is 1.96 bits per heavy atom. The second-order valence-corrected chi connectivity index (χ2v) is 5.43. The minimum atomic E-state index is -0.0298. The maximum absolute atomic E-state index is 12.6. The molecule has 5 nitrogen and oxygen atoms in total. The fourth-order valence-corrected chi connectivity index (χ4v) is 2.41. The smallest absolute Gasteiger partial charge is 0.255 e. The van der Waals surface area contributed by atoms with Crippen LogP contribution < -0.4 is 9.47 Å². The van der Waals surface area contributed by atoms with Gasteiger partial charge in [-0.25, -0.2) is 0 Å². The van der Waals surface area contributed by atoms with Gasteiger partial charge in [-0.15, -0.1) is 0 Å². The molecule has 1 aromatic heterocycles. The van der Waals surface area contributed by atoms with Gasteiger partial charge in [0.25, 0.3) is 5.91 Å². The summed E-state index contributed by atoms with van der Waals surface area (Å²) in [5, 5.41) is 0. The van der Waals surface area contributed by atoms with E-state index in [0.29, 0.717) is 36.8 Å². The van der Waals surface area contributed by atoms with Gasteiger partial charge in [0.1, 0.15) is 0 Å². The molecule has 0 unspecified atom stereocenters. The van der Waals surface area contributed by atoms with E-state index in [1.165, 1.54) is 0 Å². The van der Waals surface area contributed by atoms with Crippen molar-refractivity contribution >= 4 is 5.91 Å². The molecule has 5 heteroatoms. The number of nitrogens with zero attached hydrogens (tertiary/aromatic N) is 2. The number of hydrogen-bond donors (Lipinski definition) is 0. The average Bonchev–Trinajstić information content (AvgIpc) is 2.61. The molecule has 0 atom stereocenters. The van der Waals surface area contributed by atoms with E-state index in [4.69, 9.17) is 9.47 Å². The molecule has 0 bridgehead atoms. The number of aromatic nitrogens is 1. The van der Waals surface area contributed by atoms with Crippen molar-refractivity contribution in [3.8, 4) is 11.5 Å². The topological polar surface area (TPSA) is 51.7 Å². The molecule has 1 aromatic carbocycles. The molecule has 0 N–H and O–H groups in total. The molecule has 0 saturated carbocycles. The summed E-state index contributed by atoms with van der Waals surface area (Å²) in [6.07, 6.45) is 1.62. The van der Waals surface area contributed by atoms with Crippen molar-refractivity contribution in [2.75, 3.05) is 20.3 Å². The Balaban J connectivity index is 2.17. The van der Waals surface area contributed by atoms with Crippen molar-refractivity contribution in [1.82, 2.24) is 9.88 Å². The zero-order valence-corrected chi connectivity index (χ0v) is 14.7. The molecule has 0 aliphatic heterocycles. The Morgan fingerprint density at radius 1 is 1.17 bits per heavy atom. The third-order valence-electron chi connectivity index (χ3n) is 3.73. The average molecular weight is 328 g/mol. The third-order valence-corrected chi connectivity index (χ3v) is 3.73. The van der Waals surface area contributed by atoms with Crippen molar-refractivity contribution < 1.29 is 14.3 Å². The van der Waals surface area contributed by atoms with Gasteiger partial charge in [-0.1, -0.05) is 6.07 Å². The van der Waals surface area contributed by atoms with Gasteiger partial charge in [-0.05, 0) is 50.6 Å². The highest BCUT2D eigenvalue weighted by Crippen LogP contribution is 2.28. The lowest BCUT2D eigenvalue weighted by Crippen LogP contribution is -2.30. The van der Waals surface area contributed by atoms with E-state index in [9.17, 15) is 4.79 Å². The number of benzene rings is 1. The Morgan fingerprint density at radius 3 is 2.54 bits per heavy atom. The summed E-state index contributed by atoms with van der Waals surface area (Å²) in [6.45, 7) is 7.49. The van der Waals surface area contributed by atoms with Crippen molar-refractivity contribution in [3.63, 3.8) is 0 Å². The second kappa shape index (κ2) is 8.34. The standard InChI is InChI=1S/C19H24N2O3/c1-5-21(19(22)16-9-7-14(3)20-12-16)13-15-8-10-17(24-6-2)18(11-15)23-4/h7-12H,5-6,13H2,1-4H3. The maximum atomic E-state index is 12.6. The summed E-state index contributed by atoms with van der Waals surface area (Å²) in [7, 11) is 1.61. The molecule has 128 valence electrons. The van der Waals surface area contributed by atoms with Crippen LogP contribution in [0.5, 0.6) is 11.5 Å². The van der Waals surface area contributed by atoms with Gasteiger partial charge in [0.15, 0.2) is 11.5 Å². The monoisotopic (exact) mass is 328 g/mol. The van der Waals surface area contributed by atoms with Gasteiger partial charge < -0.3 is 14.4 Å². The minimum Gasteiger partial charge on any atom is -0.493 e. The van der Waals surface area contributed by atoms with E-state index in [2.05, 4.69) is 4.98 Å². The molecular weight excluding hydrogens is 304 g/mol. The van der Waals surface area contributed by atoms with Crippen LogP contribution in [0.25, 0.3) is 0 Å². The number of ether oxygens (including phenoxy) is 2. The molecule has 0 fully saturated rings. The van der Waals surface area contributed by atoms with E-state index in [1.807, 2.05) is 51.1 Å². The lowest BCUT2D eigenvalue weighted by molar-refractivity contribution is 0.0752. The lowest BCUT2D eigenvalue weighted by Gasteiger charge is -2.21. The van der Waals surface area contributed by atoms with Crippen molar-refractivity contribution in [2.24, 2.45) is 0 Å². The van der Waals surface area contributed by atoms with Crippen molar-refractivity contribution in [2.45, 2.75) is 27.3 Å². The quantitative estimate of drug-likeness (QED) is 0.781. The third kappa shape index (κ3) is 4.25. The van der Waals surface area contributed by atoms with Crippen LogP contribution in [0.3, 0.4) is 0 Å². The number of pyridine rings is 1. The van der Waals surface area contributed by atoms with Gasteiger partial charge in [0.2, 0.25) is 0 Å². The van der Waals surface area contributed by atoms with Gasteiger partial charge in [-0.3, -0.25) is 9.78 Å². The lowest BCUT2D eigenvalue weighted by atomic mass is 10.1. The van der Waals surface area contributed by atoms with Gasteiger partial charge >= 0.3 is 0 Å². The largest absolute Gasteiger partial charge is 0.493 e. The maximum Gasteiger partial charge on any atom is 0.255 e. The highest BCUT2D eigenvalue weighted by molar-refractivity contribution is 5.93. The molecule has 0 spiro atoms. The summed E-state index contributed by atoms with van der Waals surface area (Å²) in [5.41, 5.74) is 2.48. The normalized spacial score (nSPS) is 10.3. The highest BCUT2D eigenvalue weighted by atomic mass is 16.5. The molecule has 0 aliphatic rings. The Hall–Kier alpha value is -2.56. The SMILES string of the molecule is CCOc1ccc(CN(CC)C(=O)c2ccc(C)nc2)cc1OC. The first-order valence-electron chi connectivity index (χ1n) is 8.10. The number of amides is 1. The van der Waals surface area contributed by atoms with Gasteiger partial charge in [0, 0.05) is 25.0 Å². The van der Waals surface area contributed by atoms with Crippen LogP contribution in [0.2, 0.25) is 0 Å². The molecular formula is C19H24N2O3. The van der Waals surface area contributed by atoms with E-state index < -0.39 is 0 Å². The minimum absolute atomic E-state index is 0.0298. The van der Waals surface area contributed by atoms with Crippen LogP contribution in [-0.4, -0.2) is 36.1 Å². The fourth-order valence-electron chi connectivity index (χ4n) is 2.41. The Kier molecular flexibility index (Phi) is 6.18. The zero-order chi connectivity index (χ0) is 17.5. The number of hydrogen-bond acceptors (Lipinski definition) is 4. The first-order chi connectivity index (χ1) is 11.6. The molecule has 0 aliphatic carbocycles. The molecule has 24 heavy (non-hydrogen) atoms. The molecule has 0 radical (unpaired) electrons. The van der Waals surface area contributed by atoms with E-state index in [-0.39, 0.29) is 5.91 Å². The van der Waals surface area contributed by atoms with Crippen molar-refractivity contribution in [1.29, 1.82) is 0 Å². The number of methoxy groups -OCH3 is 1. The van der Waals surface area contributed by atoms with Gasteiger partial charge in [-0.2, -0.15) is 0 Å². The summed E-state index contributed by atoms with van der Waals surface area (Å²) >= 11 is 0. The van der Waals surface area contributed by atoms with Crippen LogP contribution in [0.4, 0.5) is 0 Å². The van der Waals surface area contributed by atoms with E-state index >= 15 is 0 Å². The van der Waals surface area contributed by atoms with Crippen LogP contribution >= 0.6 is 0 Å². The first kappa shape index (κ1) is 17.8. The van der Waals surface area contributed by atoms with Crippen LogP contribution in [0.1, 0.15) is 35.5 Å². The number of aryl methyl sites for hydroxylation is 1. The number of rotatable bonds is 7. The summed E-state index contributed by atoms with van der Waals surface area (Å²) < 4.78 is 10.9. The van der Waals surface area contributed by atoms with Crippen molar-refractivity contribution in [3.05, 3.63) is 53.3 Å². The molecule has 1 heterocycles. The molecule has 1 amide bonds. The summed E-state index contributed by atoms with van der Waals surface area (Å²) in [5.74, 6) is 1.36. The molecule has 2 rings (SSSR count). The number of carbonyl (C=O) groups is 1. The van der Waals surface area contributed by atoms with Gasteiger partial charge in [0.05, 0.1) is 19.3 Å². The van der Waals surface area contributed by atoms with Crippen LogP contribution in [0, 0.1) is 6.92 Å². The van der Waals surface area contributed by atoms with E-state index in [1.54, 1.807) is 18.2 Å². The molecule has 0 saturated heterocycles. The summed E-state index contributed by atoms with van der Waals surface area (Å²) in [6, 6.07) is 9.40. The second-order valence-electron chi connectivity index (χ2n) is 5.43. The predicted octanol–water partition coefficient (Wildman–Crippen LogP) is 3.46. The Bertz CT molecular complexity index is 684. The number of carbonyl (C=O) groups excluding carboxylic acids is 1. The zero-order valence-electron chi connectivity index (χ0n) is 14.7. The van der Waals surface area contributed by atoms with Crippen LogP contribution in [-0.2, 0) is 6.54 Å². The Labute approximate surface area is 143 Å². The summed E-state index contributed by atoms with van der Waals surface area (Å²) in [4.78, 5) is 18.6. The highest BCUT2D eigenvalue weighted by Gasteiger charge is 2.16. The first-order valence-corrected chi connectivity index (χ1v) is 8.10. The van der Waals surface area contributed by atoms with Crippen LogP contribution in [0.15, 0.2) is 36.5 Å². The van der Waals surface area contributed by atoms with E-state index in [0.717, 1.165) is 11.3 Å². The predicted molar refractivity (Wildman–Crippen MR) is 93.6 cm³/mol. The fraction of sp³-hybridized carbons (Fsp3) is 0.368.